The topological polar surface area (TPSA) is 90.4 Å². The van der Waals surface area contributed by atoms with Crippen LogP contribution in [0.5, 0.6) is 0 Å². The van der Waals surface area contributed by atoms with E-state index in [0.717, 1.165) is 10.8 Å². The molecule has 2 bridgehead atoms. The number of benzene rings is 3. The molecule has 3 aliphatic rings. The summed E-state index contributed by atoms with van der Waals surface area (Å²) in [7, 11) is 0. The minimum Gasteiger partial charge on any atom is -0.396 e. The first-order chi connectivity index (χ1) is 21.3. The van der Waals surface area contributed by atoms with E-state index in [1.165, 1.54) is 0 Å². The van der Waals surface area contributed by atoms with Crippen LogP contribution >= 0.6 is 0 Å². The highest BCUT2D eigenvalue weighted by Crippen LogP contribution is 2.63. The average molecular weight is 594 g/mol. The molecule has 1 spiro atoms. The molecule has 3 aromatic carbocycles. The van der Waals surface area contributed by atoms with Crippen LogP contribution in [-0.2, 0) is 19.1 Å². The Balaban J connectivity index is 1.42. The molecule has 1 N–H and O–H groups in total. The van der Waals surface area contributed by atoms with Crippen LogP contribution in [-0.4, -0.2) is 71.2 Å². The number of anilines is 2. The Morgan fingerprint density at radius 1 is 0.932 bits per heavy atom. The first-order valence-electron chi connectivity index (χ1n) is 15.3. The summed E-state index contributed by atoms with van der Waals surface area (Å²) in [5.74, 6) is -2.39. The Labute approximate surface area is 258 Å². The summed E-state index contributed by atoms with van der Waals surface area (Å²) < 4.78 is 6.85. The third-order valence-corrected chi connectivity index (χ3v) is 9.60. The number of carbonyl (C=O) groups is 3. The first-order valence-corrected chi connectivity index (χ1v) is 15.3. The van der Waals surface area contributed by atoms with Gasteiger partial charge in [0, 0.05) is 37.6 Å². The molecule has 228 valence electrons. The molecule has 3 heterocycles. The van der Waals surface area contributed by atoms with Crippen LogP contribution in [0.1, 0.15) is 26.2 Å². The highest BCUT2D eigenvalue weighted by atomic mass is 16.5. The number of amides is 3. The quantitative estimate of drug-likeness (QED) is 0.325. The van der Waals surface area contributed by atoms with Crippen molar-refractivity contribution < 1.29 is 24.2 Å². The van der Waals surface area contributed by atoms with E-state index >= 15 is 0 Å². The molecule has 0 aliphatic carbocycles. The summed E-state index contributed by atoms with van der Waals surface area (Å²) in [6, 6.07) is 22.2. The Hall–Kier alpha value is -4.27. The molecular formula is C36H39N3O5. The van der Waals surface area contributed by atoms with Gasteiger partial charge in [-0.3, -0.25) is 14.4 Å². The number of nitrogens with zero attached hydrogens (tertiary/aromatic N) is 3. The maximum atomic E-state index is 14.8. The molecule has 2 unspecified atom stereocenters. The van der Waals surface area contributed by atoms with Crippen molar-refractivity contribution in [1.82, 2.24) is 4.90 Å². The van der Waals surface area contributed by atoms with Crippen LogP contribution < -0.4 is 9.80 Å². The van der Waals surface area contributed by atoms with E-state index in [0.29, 0.717) is 30.6 Å². The van der Waals surface area contributed by atoms with Gasteiger partial charge >= 0.3 is 0 Å². The number of likely N-dealkylation sites (tertiary alicyclic amines) is 1. The van der Waals surface area contributed by atoms with Gasteiger partial charge in [0.05, 0.1) is 17.4 Å². The summed E-state index contributed by atoms with van der Waals surface area (Å²) in [6.45, 7) is 10.2. The normalized spacial score (nSPS) is 26.9. The third-order valence-electron chi connectivity index (χ3n) is 9.60. The van der Waals surface area contributed by atoms with Crippen molar-refractivity contribution in [3.05, 3.63) is 98.1 Å². The number of ether oxygens (including phenoxy) is 1. The minimum absolute atomic E-state index is 0.133. The molecule has 3 amide bonds. The summed E-state index contributed by atoms with van der Waals surface area (Å²) in [6.07, 6.45) is 4.66. The fourth-order valence-corrected chi connectivity index (χ4v) is 7.73. The van der Waals surface area contributed by atoms with Gasteiger partial charge in [0.1, 0.15) is 11.6 Å². The fraction of sp³-hybridized carbons (Fsp3) is 0.361. The van der Waals surface area contributed by atoms with Gasteiger partial charge in [-0.1, -0.05) is 60.7 Å². The Kier molecular flexibility index (Phi) is 7.90. The largest absolute Gasteiger partial charge is 0.396 e. The molecule has 44 heavy (non-hydrogen) atoms. The molecule has 5 atom stereocenters. The molecule has 0 radical (unpaired) electrons. The van der Waals surface area contributed by atoms with Crippen LogP contribution in [0.4, 0.5) is 11.4 Å². The van der Waals surface area contributed by atoms with Crippen LogP contribution in [0.2, 0.25) is 0 Å². The number of aliphatic hydroxyl groups excluding tert-OH is 1. The molecule has 0 aromatic heterocycles. The molecule has 3 aromatic rings. The highest BCUT2D eigenvalue weighted by molar-refractivity contribution is 6.07. The van der Waals surface area contributed by atoms with Gasteiger partial charge in [-0.15, -0.1) is 13.2 Å². The van der Waals surface area contributed by atoms with Gasteiger partial charge in [-0.25, -0.2) is 0 Å². The number of para-hydroxylation sites is 1. The predicted molar refractivity (Wildman–Crippen MR) is 171 cm³/mol. The van der Waals surface area contributed by atoms with Crippen LogP contribution in [0.15, 0.2) is 98.1 Å². The van der Waals surface area contributed by atoms with Crippen molar-refractivity contribution in [3.63, 3.8) is 0 Å². The number of carbonyl (C=O) groups excluding carboxylic acids is 3. The Morgan fingerprint density at radius 2 is 1.59 bits per heavy atom. The van der Waals surface area contributed by atoms with Crippen molar-refractivity contribution in [2.75, 3.05) is 36.0 Å². The van der Waals surface area contributed by atoms with Crippen molar-refractivity contribution >= 4 is 39.9 Å². The molecule has 8 heteroatoms. The van der Waals surface area contributed by atoms with Gasteiger partial charge in [0.25, 0.3) is 5.91 Å². The second kappa shape index (κ2) is 11.7. The number of hydrogen-bond donors (Lipinski definition) is 1. The lowest BCUT2D eigenvalue weighted by molar-refractivity contribution is -0.144. The van der Waals surface area contributed by atoms with Gasteiger partial charge in [0.2, 0.25) is 11.8 Å². The van der Waals surface area contributed by atoms with Gasteiger partial charge in [-0.2, -0.15) is 0 Å². The van der Waals surface area contributed by atoms with Crippen molar-refractivity contribution in [1.29, 1.82) is 0 Å². The van der Waals surface area contributed by atoms with Crippen LogP contribution in [0.25, 0.3) is 10.8 Å². The zero-order valence-electron chi connectivity index (χ0n) is 25.1. The SMILES string of the molecule is C=CCN(C(=O)C1N(CCCO)C(=O)[C@@H]2[C@@H](C(=O)N(CC=C)c3ccccc3)[C@@]3(C)CCC12O3)c1ccc2ccccc2c1. The molecule has 0 saturated carbocycles. The predicted octanol–water partition coefficient (Wildman–Crippen LogP) is 4.73. The average Bonchev–Trinajstić information content (AvgIpc) is 3.61. The van der Waals surface area contributed by atoms with E-state index in [1.54, 1.807) is 26.9 Å². The van der Waals surface area contributed by atoms with Gasteiger partial charge in [0.15, 0.2) is 0 Å². The summed E-state index contributed by atoms with van der Waals surface area (Å²) in [5, 5.41) is 11.8. The fourth-order valence-electron chi connectivity index (χ4n) is 7.73. The van der Waals surface area contributed by atoms with E-state index in [-0.39, 0.29) is 44.0 Å². The molecule has 3 fully saturated rings. The number of hydrogen-bond acceptors (Lipinski definition) is 5. The summed E-state index contributed by atoms with van der Waals surface area (Å²) >= 11 is 0. The van der Waals surface area contributed by atoms with Crippen LogP contribution in [0, 0.1) is 11.8 Å². The molecular weight excluding hydrogens is 554 g/mol. The number of fused-ring (bicyclic) bond motifs is 2. The van der Waals surface area contributed by atoms with Crippen molar-refractivity contribution in [3.8, 4) is 0 Å². The summed E-state index contributed by atoms with van der Waals surface area (Å²) in [4.78, 5) is 48.6. The molecule has 6 rings (SSSR count). The lowest BCUT2D eigenvalue weighted by atomic mass is 9.66. The van der Waals surface area contributed by atoms with Crippen molar-refractivity contribution in [2.45, 2.75) is 43.4 Å². The first kappa shape index (κ1) is 29.8. The molecule has 8 nitrogen and oxygen atoms in total. The zero-order chi connectivity index (χ0) is 31.1. The van der Waals surface area contributed by atoms with Gasteiger partial charge in [-0.05, 0) is 61.2 Å². The summed E-state index contributed by atoms with van der Waals surface area (Å²) in [5.41, 5.74) is -0.692. The van der Waals surface area contributed by atoms with E-state index < -0.39 is 29.1 Å². The van der Waals surface area contributed by atoms with E-state index in [9.17, 15) is 19.5 Å². The van der Waals surface area contributed by atoms with Gasteiger partial charge < -0.3 is 24.5 Å². The third kappa shape index (κ3) is 4.64. The monoisotopic (exact) mass is 593 g/mol. The lowest BCUT2D eigenvalue weighted by Crippen LogP contribution is -2.56. The number of rotatable bonds is 11. The Bertz CT molecular complexity index is 1610. The highest BCUT2D eigenvalue weighted by Gasteiger charge is 2.78. The second-order valence-electron chi connectivity index (χ2n) is 12.2. The minimum atomic E-state index is -1.18. The molecule has 3 aliphatic heterocycles. The standard InChI is InChI=1S/C36H39N3O5/c1-4-20-37(27-14-7-6-8-15-27)32(41)29-30-33(42)39(22-11-23-40)31(36(30)19-18-35(29,3)44-36)34(43)38(21-5-2)28-17-16-25-12-9-10-13-26(25)24-28/h4-10,12-17,24,29-31,40H,1-2,11,18-23H2,3H3/t29-,30-,31?,35+,36?/m0/s1. The maximum Gasteiger partial charge on any atom is 0.253 e. The van der Waals surface area contributed by atoms with Crippen molar-refractivity contribution in [2.24, 2.45) is 11.8 Å². The molecule has 3 saturated heterocycles. The number of aliphatic hydroxyl groups is 1. The smallest absolute Gasteiger partial charge is 0.253 e. The van der Waals surface area contributed by atoms with Crippen LogP contribution in [0.3, 0.4) is 0 Å². The maximum absolute atomic E-state index is 14.8. The van der Waals surface area contributed by atoms with E-state index in [4.69, 9.17) is 4.74 Å². The zero-order valence-corrected chi connectivity index (χ0v) is 25.1. The van der Waals surface area contributed by atoms with E-state index in [2.05, 4.69) is 13.2 Å². The lowest BCUT2D eigenvalue weighted by Gasteiger charge is -2.37. The Morgan fingerprint density at radius 3 is 2.27 bits per heavy atom. The second-order valence-corrected chi connectivity index (χ2v) is 12.2. The van der Waals surface area contributed by atoms with E-state index in [1.807, 2.05) is 79.7 Å².